The number of piperidine rings is 1. The van der Waals surface area contributed by atoms with Gasteiger partial charge < -0.3 is 14.5 Å². The topological polar surface area (TPSA) is 32.8 Å². The molecule has 0 spiro atoms. The summed E-state index contributed by atoms with van der Waals surface area (Å²) in [6.45, 7) is 1.96. The number of methoxy groups -OCH3 is 1. The van der Waals surface area contributed by atoms with Gasteiger partial charge in [0.1, 0.15) is 0 Å². The van der Waals surface area contributed by atoms with Crippen molar-refractivity contribution >= 4 is 5.91 Å². The lowest BCUT2D eigenvalue weighted by molar-refractivity contribution is -0.164. The van der Waals surface area contributed by atoms with Gasteiger partial charge in [0.2, 0.25) is 0 Å². The quantitative estimate of drug-likeness (QED) is 0.821. The monoisotopic (exact) mass is 260 g/mol. The molecule has 1 amide bonds. The van der Waals surface area contributed by atoms with Gasteiger partial charge in [0.25, 0.3) is 5.91 Å². The number of nitrogens with zero attached hydrogens (tertiary/aromatic N) is 2. The van der Waals surface area contributed by atoms with Crippen LogP contribution in [0.3, 0.4) is 0 Å². The molecule has 1 aromatic rings. The van der Waals surface area contributed by atoms with Crippen molar-refractivity contribution in [2.75, 3.05) is 27.2 Å². The molecule has 0 radical (unpaired) electrons. The number of carbonyl (C=O) groups is 1. The fourth-order valence-electron chi connectivity index (χ4n) is 3.32. The maximum atomic E-state index is 12.7. The third-order valence-corrected chi connectivity index (χ3v) is 4.19. The number of hydrogen-bond acceptors (Lipinski definition) is 3. The van der Waals surface area contributed by atoms with Crippen molar-refractivity contribution in [3.63, 3.8) is 0 Å². The van der Waals surface area contributed by atoms with Gasteiger partial charge in [-0.3, -0.25) is 4.79 Å². The molecule has 3 atom stereocenters. The van der Waals surface area contributed by atoms with Gasteiger partial charge in [-0.25, -0.2) is 0 Å². The van der Waals surface area contributed by atoms with E-state index in [1.54, 1.807) is 7.11 Å². The van der Waals surface area contributed by atoms with Crippen molar-refractivity contribution in [3.8, 4) is 0 Å². The van der Waals surface area contributed by atoms with E-state index in [0.717, 1.165) is 25.1 Å². The van der Waals surface area contributed by atoms with Crippen molar-refractivity contribution in [1.82, 2.24) is 9.80 Å². The van der Waals surface area contributed by atoms with Crippen LogP contribution in [0.15, 0.2) is 30.3 Å². The molecule has 0 aliphatic carbocycles. The van der Waals surface area contributed by atoms with E-state index in [1.165, 1.54) is 0 Å². The normalized spacial score (nSPS) is 27.8. The molecule has 3 rings (SSSR count). The number of likely N-dealkylation sites (tertiary alicyclic amines) is 2. The molecule has 3 unspecified atom stereocenters. The molecule has 2 fully saturated rings. The van der Waals surface area contributed by atoms with Crippen LogP contribution in [-0.2, 0) is 9.53 Å². The van der Waals surface area contributed by atoms with Crippen LogP contribution < -0.4 is 0 Å². The van der Waals surface area contributed by atoms with Crippen molar-refractivity contribution in [2.24, 2.45) is 0 Å². The summed E-state index contributed by atoms with van der Waals surface area (Å²) in [7, 11) is 3.73. The number of likely N-dealkylation sites (N-methyl/N-ethyl adjacent to an activating group) is 1. The molecule has 4 heteroatoms. The van der Waals surface area contributed by atoms with Crippen LogP contribution in [0.5, 0.6) is 0 Å². The van der Waals surface area contributed by atoms with Crippen LogP contribution >= 0.6 is 0 Å². The van der Waals surface area contributed by atoms with Crippen LogP contribution in [-0.4, -0.2) is 55.0 Å². The molecule has 0 saturated carbocycles. The number of amides is 1. The lowest BCUT2D eigenvalue weighted by Gasteiger charge is -2.56. The molecule has 2 heterocycles. The van der Waals surface area contributed by atoms with Gasteiger partial charge in [0.05, 0.1) is 0 Å². The number of rotatable bonds is 3. The molecule has 102 valence electrons. The largest absolute Gasteiger partial charge is 0.367 e. The minimum absolute atomic E-state index is 0.114. The van der Waals surface area contributed by atoms with E-state index < -0.39 is 6.10 Å². The highest BCUT2D eigenvalue weighted by Gasteiger charge is 2.48. The van der Waals surface area contributed by atoms with Crippen molar-refractivity contribution in [3.05, 3.63) is 35.9 Å². The fourth-order valence-corrected chi connectivity index (χ4v) is 3.32. The third kappa shape index (κ3) is 2.15. The minimum atomic E-state index is -0.463. The van der Waals surface area contributed by atoms with E-state index in [1.807, 2.05) is 35.2 Å². The summed E-state index contributed by atoms with van der Waals surface area (Å²) in [4.78, 5) is 17.0. The van der Waals surface area contributed by atoms with Gasteiger partial charge in [-0.2, -0.15) is 0 Å². The first kappa shape index (κ1) is 12.6. The number of hydrogen-bond donors (Lipinski definition) is 0. The van der Waals surface area contributed by atoms with Crippen molar-refractivity contribution in [2.45, 2.75) is 24.6 Å². The average molecular weight is 260 g/mol. The summed E-state index contributed by atoms with van der Waals surface area (Å²) in [5, 5.41) is 0. The number of piperazine rings is 1. The number of carbonyl (C=O) groups excluding carboxylic acids is 1. The zero-order valence-corrected chi connectivity index (χ0v) is 11.5. The Balaban J connectivity index is 1.76. The Morgan fingerprint density at radius 3 is 2.47 bits per heavy atom. The van der Waals surface area contributed by atoms with Crippen LogP contribution in [0.4, 0.5) is 0 Å². The molecule has 4 nitrogen and oxygen atoms in total. The Labute approximate surface area is 113 Å². The Morgan fingerprint density at radius 2 is 1.89 bits per heavy atom. The zero-order chi connectivity index (χ0) is 13.4. The molecule has 2 bridgehead atoms. The first-order chi connectivity index (χ1) is 9.20. The molecular formula is C15H20N2O2. The molecule has 19 heavy (non-hydrogen) atoms. The number of fused-ring (bicyclic) bond motifs is 2. The summed E-state index contributed by atoms with van der Waals surface area (Å²) in [6, 6.07) is 10.5. The van der Waals surface area contributed by atoms with E-state index in [9.17, 15) is 4.79 Å². The van der Waals surface area contributed by atoms with E-state index in [2.05, 4.69) is 11.9 Å². The number of benzene rings is 1. The summed E-state index contributed by atoms with van der Waals surface area (Å²) in [6.07, 6.45) is 0.677. The van der Waals surface area contributed by atoms with Crippen LogP contribution in [0, 0.1) is 0 Å². The molecular weight excluding hydrogens is 240 g/mol. The second-order valence-corrected chi connectivity index (χ2v) is 5.54. The standard InChI is InChI=1S/C15H20N2O2/c1-16-9-12-8-13(10-16)17(12)15(18)14(19-2)11-6-4-3-5-7-11/h3-7,12-14H,8-10H2,1-2H3. The summed E-state index contributed by atoms with van der Waals surface area (Å²) >= 11 is 0. The second kappa shape index (κ2) is 4.94. The smallest absolute Gasteiger partial charge is 0.256 e. The Hall–Kier alpha value is -1.39. The highest BCUT2D eigenvalue weighted by atomic mass is 16.5. The molecule has 2 aliphatic rings. The third-order valence-electron chi connectivity index (χ3n) is 4.19. The van der Waals surface area contributed by atoms with Crippen molar-refractivity contribution in [1.29, 1.82) is 0 Å². The second-order valence-electron chi connectivity index (χ2n) is 5.54. The predicted molar refractivity (Wildman–Crippen MR) is 72.7 cm³/mol. The Bertz CT molecular complexity index is 450. The molecule has 0 N–H and O–H groups in total. The molecule has 2 saturated heterocycles. The van der Waals surface area contributed by atoms with Gasteiger partial charge in [0.15, 0.2) is 6.10 Å². The van der Waals surface area contributed by atoms with Gasteiger partial charge in [0, 0.05) is 32.3 Å². The van der Waals surface area contributed by atoms with E-state index >= 15 is 0 Å². The molecule has 2 aliphatic heterocycles. The average Bonchev–Trinajstić information content (AvgIpc) is 2.40. The SMILES string of the molecule is COC(C(=O)N1C2CC1CN(C)C2)c1ccccc1. The number of ether oxygens (including phenoxy) is 1. The lowest BCUT2D eigenvalue weighted by atomic mass is 9.86. The highest BCUT2D eigenvalue weighted by molar-refractivity contribution is 5.84. The lowest BCUT2D eigenvalue weighted by Crippen LogP contribution is -2.70. The maximum absolute atomic E-state index is 12.7. The van der Waals surface area contributed by atoms with Crippen LogP contribution in [0.1, 0.15) is 18.1 Å². The molecule has 0 aromatic heterocycles. The fraction of sp³-hybridized carbons (Fsp3) is 0.533. The van der Waals surface area contributed by atoms with Gasteiger partial charge in [-0.05, 0) is 19.0 Å². The first-order valence-corrected chi connectivity index (χ1v) is 6.79. The first-order valence-electron chi connectivity index (χ1n) is 6.79. The van der Waals surface area contributed by atoms with E-state index in [0.29, 0.717) is 12.1 Å². The van der Waals surface area contributed by atoms with Gasteiger partial charge >= 0.3 is 0 Å². The molecule has 1 aromatic carbocycles. The zero-order valence-electron chi connectivity index (χ0n) is 11.5. The highest BCUT2D eigenvalue weighted by Crippen LogP contribution is 2.34. The van der Waals surface area contributed by atoms with Crippen molar-refractivity contribution < 1.29 is 9.53 Å². The summed E-state index contributed by atoms with van der Waals surface area (Å²) in [5.41, 5.74) is 0.938. The van der Waals surface area contributed by atoms with Gasteiger partial charge in [-0.1, -0.05) is 30.3 Å². The van der Waals surface area contributed by atoms with Gasteiger partial charge in [-0.15, -0.1) is 0 Å². The van der Waals surface area contributed by atoms with Crippen LogP contribution in [0.2, 0.25) is 0 Å². The van der Waals surface area contributed by atoms with Crippen LogP contribution in [0.25, 0.3) is 0 Å². The summed E-state index contributed by atoms with van der Waals surface area (Å²) in [5.74, 6) is 0.114. The van der Waals surface area contributed by atoms with E-state index in [4.69, 9.17) is 4.74 Å². The predicted octanol–water partition coefficient (Wildman–Crippen LogP) is 1.29. The maximum Gasteiger partial charge on any atom is 0.256 e. The Kier molecular flexibility index (Phi) is 3.29. The summed E-state index contributed by atoms with van der Waals surface area (Å²) < 4.78 is 5.44. The Morgan fingerprint density at radius 1 is 1.26 bits per heavy atom. The minimum Gasteiger partial charge on any atom is -0.367 e. The van der Waals surface area contributed by atoms with E-state index in [-0.39, 0.29) is 5.91 Å².